The summed E-state index contributed by atoms with van der Waals surface area (Å²) in [5.74, 6) is -0.0434. The predicted molar refractivity (Wildman–Crippen MR) is 100 cm³/mol. The summed E-state index contributed by atoms with van der Waals surface area (Å²) in [4.78, 5) is 13.5. The third kappa shape index (κ3) is 4.31. The van der Waals surface area contributed by atoms with E-state index in [-0.39, 0.29) is 18.5 Å². The van der Waals surface area contributed by atoms with Crippen molar-refractivity contribution in [1.82, 2.24) is 5.32 Å². The van der Waals surface area contributed by atoms with Gasteiger partial charge in [-0.25, -0.2) is 0 Å². The third-order valence-corrected chi connectivity index (χ3v) is 4.67. The van der Waals surface area contributed by atoms with Crippen molar-refractivity contribution in [2.45, 2.75) is 13.0 Å². The lowest BCUT2D eigenvalue weighted by molar-refractivity contribution is -0.115. The van der Waals surface area contributed by atoms with E-state index in [2.05, 4.69) is 34.2 Å². The molecule has 1 aromatic heterocycles. The molecule has 24 heavy (non-hydrogen) atoms. The molecule has 0 spiro atoms. The summed E-state index contributed by atoms with van der Waals surface area (Å²) in [6, 6.07) is 22.2. The number of rotatable bonds is 6. The van der Waals surface area contributed by atoms with E-state index in [1.807, 2.05) is 55.5 Å². The molecule has 0 aliphatic rings. The monoisotopic (exact) mass is 336 g/mol. The molecule has 0 unspecified atom stereocenters. The number of benzene rings is 2. The Kier molecular flexibility index (Phi) is 5.41. The average molecular weight is 336 g/mol. The van der Waals surface area contributed by atoms with Crippen LogP contribution in [0, 0.1) is 6.92 Å². The normalized spacial score (nSPS) is 11.9. The number of amides is 1. The Morgan fingerprint density at radius 1 is 1.04 bits per heavy atom. The molecule has 0 saturated heterocycles. The highest BCUT2D eigenvalue weighted by Crippen LogP contribution is 2.25. The fourth-order valence-electron chi connectivity index (χ4n) is 2.61. The van der Waals surface area contributed by atoms with Gasteiger partial charge in [-0.3, -0.25) is 10.1 Å². The van der Waals surface area contributed by atoms with Gasteiger partial charge in [0, 0.05) is 10.6 Å². The van der Waals surface area contributed by atoms with Gasteiger partial charge >= 0.3 is 0 Å². The van der Waals surface area contributed by atoms with Gasteiger partial charge in [0.15, 0.2) is 0 Å². The van der Waals surface area contributed by atoms with Crippen molar-refractivity contribution in [2.24, 2.45) is 0 Å². The van der Waals surface area contributed by atoms with Crippen LogP contribution in [0.3, 0.4) is 0 Å². The van der Waals surface area contributed by atoms with E-state index in [0.29, 0.717) is 0 Å². The molecule has 0 fully saturated rings. The first-order valence-electron chi connectivity index (χ1n) is 7.90. The van der Waals surface area contributed by atoms with Gasteiger partial charge in [0.05, 0.1) is 12.6 Å². The minimum Gasteiger partial charge on any atom is -0.325 e. The van der Waals surface area contributed by atoms with Gasteiger partial charge in [0.1, 0.15) is 0 Å². The second-order valence-electron chi connectivity index (χ2n) is 5.66. The molecular formula is C20H20N2OS. The molecule has 3 nitrogen and oxygen atoms in total. The number of aryl methyl sites for hydroxylation is 1. The molecule has 1 amide bonds. The highest BCUT2D eigenvalue weighted by atomic mass is 32.1. The smallest absolute Gasteiger partial charge is 0.238 e. The van der Waals surface area contributed by atoms with E-state index < -0.39 is 0 Å². The molecule has 0 aliphatic heterocycles. The van der Waals surface area contributed by atoms with E-state index >= 15 is 0 Å². The lowest BCUT2D eigenvalue weighted by Crippen LogP contribution is -2.31. The molecule has 2 N–H and O–H groups in total. The van der Waals surface area contributed by atoms with E-state index in [1.54, 1.807) is 11.3 Å². The molecule has 122 valence electrons. The molecule has 0 radical (unpaired) electrons. The van der Waals surface area contributed by atoms with Crippen LogP contribution < -0.4 is 10.6 Å². The molecule has 1 atom stereocenters. The second kappa shape index (κ2) is 7.90. The quantitative estimate of drug-likeness (QED) is 0.701. The Morgan fingerprint density at radius 3 is 2.58 bits per heavy atom. The van der Waals surface area contributed by atoms with Crippen molar-refractivity contribution >= 4 is 22.9 Å². The summed E-state index contributed by atoms with van der Waals surface area (Å²) < 4.78 is 0. The topological polar surface area (TPSA) is 41.1 Å². The molecule has 3 rings (SSSR count). The minimum absolute atomic E-state index is 0.0226. The first-order chi connectivity index (χ1) is 11.7. The molecule has 0 bridgehead atoms. The number of hydrogen-bond donors (Lipinski definition) is 2. The number of nitrogens with one attached hydrogen (secondary N) is 2. The third-order valence-electron chi connectivity index (χ3n) is 3.73. The maximum atomic E-state index is 12.3. The van der Waals surface area contributed by atoms with Crippen LogP contribution >= 0.6 is 11.3 Å². The zero-order valence-electron chi connectivity index (χ0n) is 13.5. The largest absolute Gasteiger partial charge is 0.325 e. The van der Waals surface area contributed by atoms with Crippen LogP contribution in [-0.2, 0) is 4.79 Å². The number of carbonyl (C=O) groups excluding carboxylic acids is 1. The van der Waals surface area contributed by atoms with E-state index in [4.69, 9.17) is 0 Å². The zero-order valence-corrected chi connectivity index (χ0v) is 14.3. The zero-order chi connectivity index (χ0) is 16.8. The molecule has 0 aliphatic carbocycles. The van der Waals surface area contributed by atoms with Crippen LogP contribution in [-0.4, -0.2) is 12.5 Å². The fraction of sp³-hybridized carbons (Fsp3) is 0.150. The van der Waals surface area contributed by atoms with Crippen LogP contribution in [0.15, 0.2) is 72.1 Å². The van der Waals surface area contributed by atoms with Crippen molar-refractivity contribution in [1.29, 1.82) is 0 Å². The summed E-state index contributed by atoms with van der Waals surface area (Å²) in [5.41, 5.74) is 3.11. The summed E-state index contributed by atoms with van der Waals surface area (Å²) in [5, 5.41) is 8.36. The number of thiophene rings is 1. The molecule has 1 heterocycles. The van der Waals surface area contributed by atoms with Gasteiger partial charge in [-0.1, -0.05) is 48.5 Å². The van der Waals surface area contributed by atoms with Gasteiger partial charge in [0.2, 0.25) is 5.91 Å². The van der Waals surface area contributed by atoms with E-state index in [9.17, 15) is 4.79 Å². The Hall–Kier alpha value is -2.43. The lowest BCUT2D eigenvalue weighted by Gasteiger charge is -2.18. The van der Waals surface area contributed by atoms with Crippen molar-refractivity contribution in [3.8, 4) is 0 Å². The Bertz CT molecular complexity index is 784. The fourth-order valence-corrected chi connectivity index (χ4v) is 3.43. The average Bonchev–Trinajstić information content (AvgIpc) is 3.10. The van der Waals surface area contributed by atoms with E-state index in [0.717, 1.165) is 16.8 Å². The van der Waals surface area contributed by atoms with Gasteiger partial charge in [-0.05, 0) is 41.6 Å². The summed E-state index contributed by atoms with van der Waals surface area (Å²) >= 11 is 1.69. The number of hydrogen-bond acceptors (Lipinski definition) is 3. The lowest BCUT2D eigenvalue weighted by atomic mass is 10.1. The van der Waals surface area contributed by atoms with Crippen LogP contribution in [0.2, 0.25) is 0 Å². The summed E-state index contributed by atoms with van der Waals surface area (Å²) in [7, 11) is 0. The number of anilines is 1. The highest BCUT2D eigenvalue weighted by molar-refractivity contribution is 7.10. The van der Waals surface area contributed by atoms with Crippen LogP contribution in [0.1, 0.15) is 22.0 Å². The van der Waals surface area contributed by atoms with E-state index in [1.165, 1.54) is 4.88 Å². The first kappa shape index (κ1) is 16.4. The van der Waals surface area contributed by atoms with Crippen molar-refractivity contribution in [2.75, 3.05) is 11.9 Å². The predicted octanol–water partition coefficient (Wildman–Crippen LogP) is 4.37. The molecular weight excluding hydrogens is 316 g/mol. The second-order valence-corrected chi connectivity index (χ2v) is 6.64. The Morgan fingerprint density at radius 2 is 1.88 bits per heavy atom. The molecule has 3 aromatic rings. The standard InChI is InChI=1S/C20H20N2OS/c1-15-7-5-10-17(13-15)22-19(23)14-21-20(18-11-6-12-24-18)16-8-3-2-4-9-16/h2-13,20-21H,14H2,1H3,(H,22,23)/t20-/m1/s1. The first-order valence-corrected chi connectivity index (χ1v) is 8.78. The SMILES string of the molecule is Cc1cccc(NC(=O)CN[C@H](c2ccccc2)c2cccs2)c1. The highest BCUT2D eigenvalue weighted by Gasteiger charge is 2.15. The Balaban J connectivity index is 1.67. The molecule has 4 heteroatoms. The molecule has 0 saturated carbocycles. The van der Waals surface area contributed by atoms with Crippen molar-refractivity contribution in [3.63, 3.8) is 0 Å². The summed E-state index contributed by atoms with van der Waals surface area (Å²) in [6.45, 7) is 2.27. The maximum absolute atomic E-state index is 12.3. The molecule has 2 aromatic carbocycles. The van der Waals surface area contributed by atoms with Gasteiger partial charge in [0.25, 0.3) is 0 Å². The summed E-state index contributed by atoms with van der Waals surface area (Å²) in [6.07, 6.45) is 0. The van der Waals surface area contributed by atoms with Crippen LogP contribution in [0.4, 0.5) is 5.69 Å². The van der Waals surface area contributed by atoms with Gasteiger partial charge in [-0.15, -0.1) is 11.3 Å². The Labute approximate surface area is 146 Å². The number of carbonyl (C=O) groups is 1. The van der Waals surface area contributed by atoms with Gasteiger partial charge < -0.3 is 5.32 Å². The van der Waals surface area contributed by atoms with Gasteiger partial charge in [-0.2, -0.15) is 0 Å². The minimum atomic E-state index is -0.0434. The van der Waals surface area contributed by atoms with Crippen LogP contribution in [0.25, 0.3) is 0 Å². The van der Waals surface area contributed by atoms with Crippen molar-refractivity contribution < 1.29 is 4.79 Å². The van der Waals surface area contributed by atoms with Crippen LogP contribution in [0.5, 0.6) is 0 Å². The van der Waals surface area contributed by atoms with Crippen molar-refractivity contribution in [3.05, 3.63) is 88.1 Å². The maximum Gasteiger partial charge on any atom is 0.238 e.